The molecule has 0 saturated carbocycles. The van der Waals surface area contributed by atoms with E-state index in [0.717, 1.165) is 5.01 Å². The van der Waals surface area contributed by atoms with Crippen LogP contribution in [0, 0.1) is 0 Å². The van der Waals surface area contributed by atoms with E-state index in [0.29, 0.717) is 5.69 Å². The van der Waals surface area contributed by atoms with E-state index < -0.39 is 6.03 Å². The van der Waals surface area contributed by atoms with Crippen LogP contribution in [0.4, 0.5) is 10.5 Å². The van der Waals surface area contributed by atoms with Gasteiger partial charge in [0.1, 0.15) is 0 Å². The number of nitrogens with zero attached hydrogens (tertiary/aromatic N) is 1. The number of carbonyl (C=O) groups excluding carboxylic acids is 3. The normalized spacial score (nSPS) is 9.39. The minimum absolute atomic E-state index is 0.232. The highest BCUT2D eigenvalue weighted by Gasteiger charge is 2.16. The van der Waals surface area contributed by atoms with Gasteiger partial charge in [-0.05, 0) is 12.1 Å². The lowest BCUT2D eigenvalue weighted by Crippen LogP contribution is -2.51. The van der Waals surface area contributed by atoms with E-state index in [9.17, 15) is 14.4 Å². The summed E-state index contributed by atoms with van der Waals surface area (Å²) in [6.45, 7) is 1.44. The molecule has 0 spiro atoms. The Hall–Kier alpha value is -2.37. The van der Waals surface area contributed by atoms with Crippen LogP contribution in [0.3, 0.4) is 0 Å². The molecule has 6 heteroatoms. The maximum Gasteiger partial charge on any atom is 0.341 e. The van der Waals surface area contributed by atoms with Gasteiger partial charge >= 0.3 is 6.03 Å². The third-order valence-corrected chi connectivity index (χ3v) is 2.09. The van der Waals surface area contributed by atoms with E-state index in [-0.39, 0.29) is 18.9 Å². The largest absolute Gasteiger partial charge is 0.341 e. The van der Waals surface area contributed by atoms with Crippen LogP contribution in [-0.4, -0.2) is 24.8 Å². The van der Waals surface area contributed by atoms with Crippen LogP contribution >= 0.6 is 0 Å². The number of amides is 3. The van der Waals surface area contributed by atoms with E-state index >= 15 is 0 Å². The first-order valence-corrected chi connectivity index (χ1v) is 5.46. The predicted molar refractivity (Wildman–Crippen MR) is 66.4 cm³/mol. The van der Waals surface area contributed by atoms with E-state index in [2.05, 4.69) is 10.7 Å². The lowest BCUT2D eigenvalue weighted by molar-refractivity contribution is -0.120. The zero-order valence-corrected chi connectivity index (χ0v) is 9.97. The summed E-state index contributed by atoms with van der Waals surface area (Å²) in [6.07, 6.45) is 1.80. The first-order chi connectivity index (χ1) is 8.69. The molecule has 0 atom stereocenters. The SMILES string of the molecule is CCC(=O)NN(C(=O)NC[C]=O)c1ccccc1. The van der Waals surface area contributed by atoms with Crippen molar-refractivity contribution in [2.45, 2.75) is 13.3 Å². The monoisotopic (exact) mass is 248 g/mol. The van der Waals surface area contributed by atoms with Crippen molar-refractivity contribution in [3.8, 4) is 0 Å². The maximum atomic E-state index is 11.8. The highest BCUT2D eigenvalue weighted by Crippen LogP contribution is 2.10. The van der Waals surface area contributed by atoms with E-state index in [1.54, 1.807) is 43.5 Å². The molecule has 0 fully saturated rings. The molecule has 0 aliphatic heterocycles. The van der Waals surface area contributed by atoms with Gasteiger partial charge in [0.05, 0.1) is 12.2 Å². The number of hydrazine groups is 1. The van der Waals surface area contributed by atoms with Gasteiger partial charge in [0.15, 0.2) is 0 Å². The number of carbonyl (C=O) groups is 2. The topological polar surface area (TPSA) is 78.5 Å². The van der Waals surface area contributed by atoms with Crippen LogP contribution < -0.4 is 15.8 Å². The van der Waals surface area contributed by atoms with Crippen molar-refractivity contribution in [3.63, 3.8) is 0 Å². The van der Waals surface area contributed by atoms with Gasteiger partial charge in [-0.2, -0.15) is 0 Å². The van der Waals surface area contributed by atoms with Crippen molar-refractivity contribution in [2.24, 2.45) is 0 Å². The molecule has 0 aliphatic rings. The van der Waals surface area contributed by atoms with Gasteiger partial charge in [-0.25, -0.2) is 9.80 Å². The van der Waals surface area contributed by atoms with Crippen molar-refractivity contribution >= 4 is 23.9 Å². The molecule has 1 aromatic rings. The standard InChI is InChI=1S/C12H14N3O3/c1-2-11(17)14-15(12(18)13-8-9-16)10-6-4-3-5-7-10/h3-7H,2,8H2,1H3,(H,13,18)(H,14,17). The molecule has 2 N–H and O–H groups in total. The van der Waals surface area contributed by atoms with Gasteiger partial charge in [-0.15, -0.1) is 0 Å². The lowest BCUT2D eigenvalue weighted by atomic mass is 10.3. The Morgan fingerprint density at radius 2 is 1.94 bits per heavy atom. The van der Waals surface area contributed by atoms with Gasteiger partial charge in [-0.1, -0.05) is 25.1 Å². The van der Waals surface area contributed by atoms with Crippen LogP contribution in [0.5, 0.6) is 0 Å². The number of hydrogen-bond acceptors (Lipinski definition) is 3. The molecule has 6 nitrogen and oxygen atoms in total. The Morgan fingerprint density at radius 3 is 2.50 bits per heavy atom. The number of para-hydroxylation sites is 1. The second-order valence-electron chi connectivity index (χ2n) is 3.36. The van der Waals surface area contributed by atoms with E-state index in [4.69, 9.17) is 0 Å². The van der Waals surface area contributed by atoms with Crippen LogP contribution in [0.15, 0.2) is 30.3 Å². The lowest BCUT2D eigenvalue weighted by Gasteiger charge is -2.22. The highest BCUT2D eigenvalue weighted by molar-refractivity contribution is 5.95. The Morgan fingerprint density at radius 1 is 1.28 bits per heavy atom. The minimum atomic E-state index is -0.591. The van der Waals surface area contributed by atoms with Gasteiger partial charge in [-0.3, -0.25) is 15.0 Å². The quantitative estimate of drug-likeness (QED) is 0.772. The molecule has 0 heterocycles. The summed E-state index contributed by atoms with van der Waals surface area (Å²) in [5, 5.41) is 3.37. The second kappa shape index (κ2) is 7.05. The zero-order chi connectivity index (χ0) is 13.4. The Kier molecular flexibility index (Phi) is 5.37. The highest BCUT2D eigenvalue weighted by atomic mass is 16.2. The molecule has 1 radical (unpaired) electrons. The fraction of sp³-hybridized carbons (Fsp3) is 0.250. The van der Waals surface area contributed by atoms with Crippen molar-refractivity contribution in [2.75, 3.05) is 11.6 Å². The molecule has 0 unspecified atom stereocenters. The Bertz CT molecular complexity index is 420. The molecule has 18 heavy (non-hydrogen) atoms. The van der Waals surface area contributed by atoms with Crippen molar-refractivity contribution in [1.82, 2.24) is 10.7 Å². The smallest absolute Gasteiger partial charge is 0.329 e. The van der Waals surface area contributed by atoms with Crippen LogP contribution in [0.2, 0.25) is 0 Å². The van der Waals surface area contributed by atoms with Crippen molar-refractivity contribution < 1.29 is 14.4 Å². The molecular weight excluding hydrogens is 234 g/mol. The zero-order valence-electron chi connectivity index (χ0n) is 9.97. The molecule has 95 valence electrons. The maximum absolute atomic E-state index is 11.8. The number of hydrogen-bond donors (Lipinski definition) is 2. The molecule has 3 amide bonds. The first-order valence-electron chi connectivity index (χ1n) is 5.46. The summed E-state index contributed by atoms with van der Waals surface area (Å²) in [7, 11) is 0. The van der Waals surface area contributed by atoms with Gasteiger partial charge in [0.25, 0.3) is 0 Å². The van der Waals surface area contributed by atoms with Crippen LogP contribution in [0.1, 0.15) is 13.3 Å². The van der Waals surface area contributed by atoms with Gasteiger partial charge in [0, 0.05) is 6.42 Å². The fourth-order valence-corrected chi connectivity index (χ4v) is 1.20. The minimum Gasteiger partial charge on any atom is -0.329 e. The molecule has 0 saturated heterocycles. The number of nitrogens with one attached hydrogen (secondary N) is 2. The summed E-state index contributed by atoms with van der Waals surface area (Å²) in [4.78, 5) is 33.2. The predicted octanol–water partition coefficient (Wildman–Crippen LogP) is 0.754. The number of urea groups is 1. The molecular formula is C12H14N3O3. The molecule has 0 aliphatic carbocycles. The molecule has 1 rings (SSSR count). The third-order valence-electron chi connectivity index (χ3n) is 2.09. The van der Waals surface area contributed by atoms with Crippen LogP contribution in [0.25, 0.3) is 0 Å². The molecule has 1 aromatic carbocycles. The summed E-state index contributed by atoms with van der Waals surface area (Å²) in [5.74, 6) is -0.302. The van der Waals surface area contributed by atoms with Crippen LogP contribution in [-0.2, 0) is 9.59 Å². The number of anilines is 1. The molecule has 0 aromatic heterocycles. The van der Waals surface area contributed by atoms with E-state index in [1.807, 2.05) is 0 Å². The summed E-state index contributed by atoms with van der Waals surface area (Å²) < 4.78 is 0. The first kappa shape index (κ1) is 13.7. The Labute approximate surface area is 105 Å². The average Bonchev–Trinajstić information content (AvgIpc) is 2.42. The van der Waals surface area contributed by atoms with Crippen molar-refractivity contribution in [3.05, 3.63) is 30.3 Å². The second-order valence-corrected chi connectivity index (χ2v) is 3.36. The molecule has 0 bridgehead atoms. The Balaban J connectivity index is 2.84. The fourth-order valence-electron chi connectivity index (χ4n) is 1.20. The average molecular weight is 248 g/mol. The number of rotatable bonds is 4. The van der Waals surface area contributed by atoms with Crippen molar-refractivity contribution in [1.29, 1.82) is 0 Å². The summed E-state index contributed by atoms with van der Waals surface area (Å²) >= 11 is 0. The summed E-state index contributed by atoms with van der Waals surface area (Å²) in [6, 6.07) is 8.01. The third kappa shape index (κ3) is 3.89. The summed E-state index contributed by atoms with van der Waals surface area (Å²) in [5.41, 5.74) is 2.95. The number of benzene rings is 1. The van der Waals surface area contributed by atoms with Gasteiger partial charge in [0.2, 0.25) is 12.2 Å². The van der Waals surface area contributed by atoms with E-state index in [1.165, 1.54) is 0 Å². The van der Waals surface area contributed by atoms with Gasteiger partial charge < -0.3 is 5.32 Å².